The summed E-state index contributed by atoms with van der Waals surface area (Å²) >= 11 is 0. The third-order valence-corrected chi connectivity index (χ3v) is 6.65. The molecule has 3 N–H and O–H groups in total. The maximum absolute atomic E-state index is 15.0. The van der Waals surface area contributed by atoms with Crippen LogP contribution in [0.15, 0.2) is 66.9 Å². The number of hydrogen-bond acceptors (Lipinski definition) is 5. The van der Waals surface area contributed by atoms with Crippen LogP contribution in [0, 0.1) is 5.82 Å². The molecule has 5 rings (SSSR count). The van der Waals surface area contributed by atoms with Gasteiger partial charge in [0.1, 0.15) is 11.9 Å². The van der Waals surface area contributed by atoms with Crippen LogP contribution in [0.3, 0.4) is 0 Å². The zero-order chi connectivity index (χ0) is 30.0. The minimum Gasteiger partial charge on any atom is -0.349 e. The first-order chi connectivity index (χ1) is 20.0. The quantitative estimate of drug-likeness (QED) is 0.279. The van der Waals surface area contributed by atoms with E-state index < -0.39 is 40.6 Å². The highest BCUT2D eigenvalue weighted by atomic mass is 19.4. The van der Waals surface area contributed by atoms with E-state index in [4.69, 9.17) is 0 Å². The van der Waals surface area contributed by atoms with Crippen LogP contribution in [-0.4, -0.2) is 38.5 Å². The van der Waals surface area contributed by atoms with Crippen molar-refractivity contribution >= 4 is 23.4 Å². The number of halogens is 4. The van der Waals surface area contributed by atoms with Gasteiger partial charge in [-0.05, 0) is 36.8 Å². The number of carbonyl (C=O) groups excluding carboxylic acids is 3. The van der Waals surface area contributed by atoms with E-state index in [0.29, 0.717) is 23.4 Å². The van der Waals surface area contributed by atoms with Gasteiger partial charge in [0.05, 0.1) is 40.4 Å². The molecule has 0 aliphatic carbocycles. The van der Waals surface area contributed by atoms with Gasteiger partial charge in [-0.25, -0.2) is 9.37 Å². The van der Waals surface area contributed by atoms with Crippen molar-refractivity contribution in [2.45, 2.75) is 31.6 Å². The van der Waals surface area contributed by atoms with Crippen LogP contribution in [0.5, 0.6) is 0 Å². The number of nitrogens with zero attached hydrogens (tertiary/aromatic N) is 3. The van der Waals surface area contributed by atoms with E-state index in [1.165, 1.54) is 36.1 Å². The van der Waals surface area contributed by atoms with Gasteiger partial charge in [-0.1, -0.05) is 30.3 Å². The van der Waals surface area contributed by atoms with E-state index in [9.17, 15) is 31.9 Å². The summed E-state index contributed by atoms with van der Waals surface area (Å²) < 4.78 is 57.5. The smallest absolute Gasteiger partial charge is 0.349 e. The number of hydrogen-bond donors (Lipinski definition) is 3. The Labute approximate surface area is 237 Å². The lowest BCUT2D eigenvalue weighted by Gasteiger charge is -2.16. The summed E-state index contributed by atoms with van der Waals surface area (Å²) in [4.78, 5) is 41.7. The Hall–Kier alpha value is -5.07. The summed E-state index contributed by atoms with van der Waals surface area (Å²) in [6, 6.07) is 13.6. The molecule has 0 spiro atoms. The molecule has 4 aromatic rings. The summed E-state index contributed by atoms with van der Waals surface area (Å²) in [5, 5.41) is 11.9. The van der Waals surface area contributed by atoms with Crippen LogP contribution in [0.1, 0.15) is 34.5 Å². The van der Waals surface area contributed by atoms with Crippen molar-refractivity contribution in [3.8, 4) is 22.5 Å². The first kappa shape index (κ1) is 28.5. The number of benzene rings is 2. The van der Waals surface area contributed by atoms with E-state index in [1.807, 2.05) is 0 Å². The van der Waals surface area contributed by atoms with E-state index in [1.54, 1.807) is 30.3 Å². The fourth-order valence-electron chi connectivity index (χ4n) is 4.57. The van der Waals surface area contributed by atoms with E-state index >= 15 is 0 Å². The maximum Gasteiger partial charge on any atom is 0.417 e. The Morgan fingerprint density at radius 2 is 1.86 bits per heavy atom. The molecule has 1 saturated heterocycles. The van der Waals surface area contributed by atoms with Gasteiger partial charge in [0.2, 0.25) is 11.8 Å². The van der Waals surface area contributed by atoms with Gasteiger partial charge in [0.25, 0.3) is 5.91 Å². The molecular formula is C29H24F4N6O3. The van der Waals surface area contributed by atoms with Gasteiger partial charge in [0, 0.05) is 30.8 Å². The highest BCUT2D eigenvalue weighted by molar-refractivity contribution is 6.07. The second-order valence-corrected chi connectivity index (χ2v) is 9.65. The molecule has 3 heterocycles. The fourth-order valence-corrected chi connectivity index (χ4v) is 4.57. The second kappa shape index (κ2) is 11.4. The number of aromatic nitrogens is 3. The van der Waals surface area contributed by atoms with E-state index in [0.717, 1.165) is 6.07 Å². The highest BCUT2D eigenvalue weighted by Gasteiger charge is 2.36. The molecule has 2 aromatic carbocycles. The zero-order valence-electron chi connectivity index (χ0n) is 22.1. The van der Waals surface area contributed by atoms with Crippen molar-refractivity contribution in [3.63, 3.8) is 0 Å². The lowest BCUT2D eigenvalue weighted by atomic mass is 9.99. The normalized spacial score (nSPS) is 14.9. The largest absolute Gasteiger partial charge is 0.417 e. The Bertz CT molecular complexity index is 1670. The van der Waals surface area contributed by atoms with Crippen molar-refractivity contribution in [2.75, 3.05) is 5.32 Å². The predicted molar refractivity (Wildman–Crippen MR) is 144 cm³/mol. The maximum atomic E-state index is 15.0. The van der Waals surface area contributed by atoms with Crippen LogP contribution in [0.2, 0.25) is 0 Å². The lowest BCUT2D eigenvalue weighted by molar-refractivity contribution is -0.137. The second-order valence-electron chi connectivity index (χ2n) is 9.65. The Kier molecular flexibility index (Phi) is 7.74. The summed E-state index contributed by atoms with van der Waals surface area (Å²) in [5.74, 6) is -2.90. The SMILES string of the molecule is Cn1ccc(-c2cc(C(=O)Nc3ccc(CNC(=O)C4CCC(=O)N4)nc3-c3ccccc3)c(F)cc2C(F)(F)F)n1. The third-order valence-electron chi connectivity index (χ3n) is 6.65. The minimum absolute atomic E-state index is 0.0280. The van der Waals surface area contributed by atoms with Crippen molar-refractivity contribution in [1.82, 2.24) is 25.4 Å². The number of rotatable bonds is 7. The average molecular weight is 581 g/mol. The van der Waals surface area contributed by atoms with E-state index in [2.05, 4.69) is 26.0 Å². The zero-order valence-corrected chi connectivity index (χ0v) is 22.1. The van der Waals surface area contributed by atoms with Gasteiger partial charge in [-0.2, -0.15) is 18.3 Å². The molecule has 1 aliphatic rings. The Balaban J connectivity index is 1.45. The number of carbonyl (C=O) groups is 3. The molecule has 1 unspecified atom stereocenters. The minimum atomic E-state index is -4.89. The first-order valence-electron chi connectivity index (χ1n) is 12.8. The van der Waals surface area contributed by atoms with Gasteiger partial charge < -0.3 is 16.0 Å². The van der Waals surface area contributed by atoms with Gasteiger partial charge in [-0.3, -0.25) is 19.1 Å². The predicted octanol–water partition coefficient (Wildman–Crippen LogP) is 4.45. The summed E-state index contributed by atoms with van der Waals surface area (Å²) in [7, 11) is 1.52. The molecule has 13 heteroatoms. The molecule has 2 aromatic heterocycles. The number of anilines is 1. The molecular weight excluding hydrogens is 556 g/mol. The molecule has 1 atom stereocenters. The highest BCUT2D eigenvalue weighted by Crippen LogP contribution is 2.38. The summed E-state index contributed by atoms with van der Waals surface area (Å²) in [5.41, 5.74) is -0.906. The van der Waals surface area contributed by atoms with Crippen molar-refractivity contribution in [2.24, 2.45) is 7.05 Å². The fraction of sp³-hybridized carbons (Fsp3) is 0.207. The van der Waals surface area contributed by atoms with Crippen molar-refractivity contribution in [1.29, 1.82) is 0 Å². The van der Waals surface area contributed by atoms with Gasteiger partial charge in [-0.15, -0.1) is 0 Å². The number of pyridine rings is 1. The molecule has 0 bridgehead atoms. The molecule has 1 aliphatic heterocycles. The number of aryl methyl sites for hydroxylation is 1. The Morgan fingerprint density at radius 1 is 1.10 bits per heavy atom. The number of amides is 3. The molecule has 216 valence electrons. The van der Waals surface area contributed by atoms with Crippen LogP contribution in [0.4, 0.5) is 23.2 Å². The van der Waals surface area contributed by atoms with Crippen LogP contribution >= 0.6 is 0 Å². The Morgan fingerprint density at radius 3 is 2.50 bits per heavy atom. The average Bonchev–Trinajstić information content (AvgIpc) is 3.60. The monoisotopic (exact) mass is 580 g/mol. The molecule has 0 radical (unpaired) electrons. The molecule has 1 fully saturated rings. The number of alkyl halides is 3. The van der Waals surface area contributed by atoms with Gasteiger partial charge in [0.15, 0.2) is 0 Å². The van der Waals surface area contributed by atoms with E-state index in [-0.39, 0.29) is 42.2 Å². The van der Waals surface area contributed by atoms with Crippen molar-refractivity contribution < 1.29 is 31.9 Å². The first-order valence-corrected chi connectivity index (χ1v) is 12.8. The molecule has 3 amide bonds. The molecule has 0 saturated carbocycles. The number of nitrogens with one attached hydrogen (secondary N) is 3. The standard InChI is InChI=1S/C29H24F4N6O3/c1-39-12-11-22(38-39)18-13-19(21(30)14-20(18)29(31,32)33)27(41)37-23-8-7-17(35-26(23)16-5-3-2-4-6-16)15-34-28(42)24-9-10-25(40)36-24/h2-8,11-14,24H,9-10,15H2,1H3,(H,34,42)(H,36,40)(H,37,41). The third kappa shape index (κ3) is 6.14. The molecule has 42 heavy (non-hydrogen) atoms. The van der Waals surface area contributed by atoms with Crippen LogP contribution < -0.4 is 16.0 Å². The summed E-state index contributed by atoms with van der Waals surface area (Å²) in [6.07, 6.45) is -2.79. The van der Waals surface area contributed by atoms with Crippen LogP contribution in [0.25, 0.3) is 22.5 Å². The van der Waals surface area contributed by atoms with Crippen LogP contribution in [-0.2, 0) is 29.4 Å². The topological polar surface area (TPSA) is 118 Å². The molecule has 9 nitrogen and oxygen atoms in total. The van der Waals surface area contributed by atoms with Gasteiger partial charge >= 0.3 is 6.18 Å². The summed E-state index contributed by atoms with van der Waals surface area (Å²) in [6.45, 7) is 0.0280. The van der Waals surface area contributed by atoms with Crippen molar-refractivity contribution in [3.05, 3.63) is 89.5 Å². The lowest BCUT2D eigenvalue weighted by Crippen LogP contribution is -2.41.